The Labute approximate surface area is 238 Å². The molecule has 0 saturated heterocycles. The molecule has 1 aliphatic rings. The van der Waals surface area contributed by atoms with Crippen molar-refractivity contribution < 1.29 is 4.39 Å². The van der Waals surface area contributed by atoms with Gasteiger partial charge < -0.3 is 10.6 Å². The summed E-state index contributed by atoms with van der Waals surface area (Å²) in [5.74, 6) is -0.304. The summed E-state index contributed by atoms with van der Waals surface area (Å²) >= 11 is 0. The number of nitrogens with zero attached hydrogens (tertiary/aromatic N) is 6. The summed E-state index contributed by atoms with van der Waals surface area (Å²) in [5.41, 5.74) is 5.88. The highest BCUT2D eigenvalue weighted by molar-refractivity contribution is 6.03. The molecule has 1 unspecified atom stereocenters. The quantitative estimate of drug-likeness (QED) is 0.218. The maximum atomic E-state index is 13.9. The number of halogens is 1. The molecule has 41 heavy (non-hydrogen) atoms. The lowest BCUT2D eigenvalue weighted by atomic mass is 9.96. The van der Waals surface area contributed by atoms with Gasteiger partial charge in [0, 0.05) is 35.6 Å². The fourth-order valence-electron chi connectivity index (χ4n) is 4.82. The number of anilines is 2. The summed E-state index contributed by atoms with van der Waals surface area (Å²) in [4.78, 5) is 9.32. The van der Waals surface area contributed by atoms with Crippen LogP contribution in [0.15, 0.2) is 73.2 Å². The Balaban J connectivity index is 1.51. The van der Waals surface area contributed by atoms with E-state index in [0.717, 1.165) is 57.6 Å². The topological polar surface area (TPSA) is 104 Å². The van der Waals surface area contributed by atoms with E-state index >= 15 is 0 Å². The number of hydrogen-bond donors (Lipinski definition) is 2. The Kier molecular flexibility index (Phi) is 6.83. The zero-order valence-corrected chi connectivity index (χ0v) is 23.3. The zero-order valence-electron chi connectivity index (χ0n) is 23.3. The number of aromatic nitrogens is 5. The Hall–Kier alpha value is -4.84. The van der Waals surface area contributed by atoms with E-state index in [1.54, 1.807) is 24.5 Å². The van der Waals surface area contributed by atoms with Crippen molar-refractivity contribution in [1.29, 1.82) is 5.26 Å². The van der Waals surface area contributed by atoms with Crippen molar-refractivity contribution >= 4 is 22.3 Å². The van der Waals surface area contributed by atoms with Crippen LogP contribution in [0.2, 0.25) is 0 Å². The number of pyridine rings is 2. The SMILES string of the molecule is CC(C)(C)CNc1c(C#N)cnc2c(-c3ccccn3)cc(NC(c3ccc(F)cc3)c3cn(C4CC4)nn3)cc12. The molecule has 1 aliphatic carbocycles. The van der Waals surface area contributed by atoms with Crippen molar-refractivity contribution in [1.82, 2.24) is 25.0 Å². The largest absolute Gasteiger partial charge is 0.383 e. The lowest BCUT2D eigenvalue weighted by Crippen LogP contribution is -2.20. The first-order valence-corrected chi connectivity index (χ1v) is 13.7. The van der Waals surface area contributed by atoms with Gasteiger partial charge in [0.25, 0.3) is 0 Å². The second-order valence-corrected chi connectivity index (χ2v) is 11.7. The van der Waals surface area contributed by atoms with E-state index in [4.69, 9.17) is 4.98 Å². The minimum Gasteiger partial charge on any atom is -0.383 e. The molecule has 2 N–H and O–H groups in total. The molecule has 0 spiro atoms. The zero-order chi connectivity index (χ0) is 28.6. The third-order valence-corrected chi connectivity index (χ3v) is 7.09. The molecule has 0 bridgehead atoms. The van der Waals surface area contributed by atoms with Crippen molar-refractivity contribution in [3.63, 3.8) is 0 Å². The van der Waals surface area contributed by atoms with Crippen LogP contribution in [-0.2, 0) is 0 Å². The molecule has 2 aromatic carbocycles. The lowest BCUT2D eigenvalue weighted by Gasteiger charge is -2.23. The van der Waals surface area contributed by atoms with Crippen molar-refractivity contribution in [2.75, 3.05) is 17.2 Å². The molecule has 3 heterocycles. The fourth-order valence-corrected chi connectivity index (χ4v) is 4.82. The van der Waals surface area contributed by atoms with E-state index in [1.165, 1.54) is 12.1 Å². The summed E-state index contributed by atoms with van der Waals surface area (Å²) < 4.78 is 15.8. The molecule has 0 amide bonds. The molecule has 206 valence electrons. The Morgan fingerprint density at radius 3 is 2.59 bits per heavy atom. The second-order valence-electron chi connectivity index (χ2n) is 11.7. The fraction of sp³-hybridized carbons (Fsp3) is 0.281. The van der Waals surface area contributed by atoms with Gasteiger partial charge in [-0.3, -0.25) is 9.97 Å². The van der Waals surface area contributed by atoms with Gasteiger partial charge in [-0.25, -0.2) is 9.07 Å². The molecule has 8 nitrogen and oxygen atoms in total. The van der Waals surface area contributed by atoms with E-state index in [-0.39, 0.29) is 11.2 Å². The summed E-state index contributed by atoms with van der Waals surface area (Å²) in [6.07, 6.45) is 7.51. The number of fused-ring (bicyclic) bond motifs is 1. The van der Waals surface area contributed by atoms with Gasteiger partial charge in [0.05, 0.1) is 40.7 Å². The highest BCUT2D eigenvalue weighted by Gasteiger charge is 2.27. The van der Waals surface area contributed by atoms with Crippen LogP contribution in [0.5, 0.6) is 0 Å². The van der Waals surface area contributed by atoms with Crippen LogP contribution in [0, 0.1) is 22.6 Å². The van der Waals surface area contributed by atoms with Crippen LogP contribution >= 0.6 is 0 Å². The average molecular weight is 547 g/mol. The van der Waals surface area contributed by atoms with Crippen LogP contribution in [-0.4, -0.2) is 31.5 Å². The summed E-state index contributed by atoms with van der Waals surface area (Å²) in [5, 5.41) is 26.8. The van der Waals surface area contributed by atoms with Crippen molar-refractivity contribution in [2.24, 2.45) is 5.41 Å². The van der Waals surface area contributed by atoms with Gasteiger partial charge >= 0.3 is 0 Å². The van der Waals surface area contributed by atoms with Crippen LogP contribution in [0.1, 0.15) is 62.5 Å². The van der Waals surface area contributed by atoms with Gasteiger partial charge in [0.15, 0.2) is 0 Å². The van der Waals surface area contributed by atoms with Crippen LogP contribution in [0.4, 0.5) is 15.8 Å². The molecule has 3 aromatic heterocycles. The number of nitrogens with one attached hydrogen (secondary N) is 2. The van der Waals surface area contributed by atoms with E-state index in [0.29, 0.717) is 18.2 Å². The Morgan fingerprint density at radius 2 is 1.90 bits per heavy atom. The van der Waals surface area contributed by atoms with Gasteiger partial charge in [-0.15, -0.1) is 5.10 Å². The van der Waals surface area contributed by atoms with Crippen LogP contribution < -0.4 is 10.6 Å². The lowest BCUT2D eigenvalue weighted by molar-refractivity contribution is 0.443. The predicted octanol–water partition coefficient (Wildman–Crippen LogP) is 6.89. The van der Waals surface area contributed by atoms with Gasteiger partial charge in [-0.1, -0.05) is 44.2 Å². The molecule has 0 radical (unpaired) electrons. The Morgan fingerprint density at radius 1 is 1.10 bits per heavy atom. The maximum absolute atomic E-state index is 13.9. The third kappa shape index (κ3) is 5.73. The number of hydrogen-bond acceptors (Lipinski definition) is 7. The van der Waals surface area contributed by atoms with E-state index in [2.05, 4.69) is 52.8 Å². The van der Waals surface area contributed by atoms with Crippen LogP contribution in [0.25, 0.3) is 22.2 Å². The van der Waals surface area contributed by atoms with Gasteiger partial charge in [-0.2, -0.15) is 5.26 Å². The van der Waals surface area contributed by atoms with E-state index < -0.39 is 6.04 Å². The van der Waals surface area contributed by atoms with Gasteiger partial charge in [0.1, 0.15) is 17.6 Å². The molecular weight excluding hydrogens is 515 g/mol. The summed E-state index contributed by atoms with van der Waals surface area (Å²) in [6, 6.07) is 18.5. The third-order valence-electron chi connectivity index (χ3n) is 7.09. The van der Waals surface area contributed by atoms with E-state index in [1.807, 2.05) is 41.2 Å². The van der Waals surface area contributed by atoms with Crippen molar-refractivity contribution in [2.45, 2.75) is 45.7 Å². The second kappa shape index (κ2) is 10.6. The average Bonchev–Trinajstić information content (AvgIpc) is 3.71. The van der Waals surface area contributed by atoms with Gasteiger partial charge in [0.2, 0.25) is 0 Å². The molecule has 1 atom stereocenters. The smallest absolute Gasteiger partial charge is 0.123 e. The first kappa shape index (κ1) is 26.4. The van der Waals surface area contributed by atoms with Crippen molar-refractivity contribution in [3.8, 4) is 17.3 Å². The first-order chi connectivity index (χ1) is 19.8. The normalized spacial score (nSPS) is 14.0. The van der Waals surface area contributed by atoms with E-state index in [9.17, 15) is 9.65 Å². The molecule has 1 saturated carbocycles. The molecule has 0 aliphatic heterocycles. The van der Waals surface area contributed by atoms with Crippen molar-refractivity contribution in [3.05, 3.63) is 95.8 Å². The summed E-state index contributed by atoms with van der Waals surface area (Å²) in [7, 11) is 0. The Bertz CT molecular complexity index is 1730. The van der Waals surface area contributed by atoms with Gasteiger partial charge in [-0.05, 0) is 60.2 Å². The number of nitriles is 1. The molecular formula is C32H31FN8. The molecule has 9 heteroatoms. The minimum absolute atomic E-state index is 0.0109. The molecule has 5 aromatic rings. The molecule has 6 rings (SSSR count). The predicted molar refractivity (Wildman–Crippen MR) is 158 cm³/mol. The standard InChI is InChI=1S/C32H31FN8/c1-32(2,3)19-37-29-21(16-34)17-36-31-25(27-6-4-5-13-35-27)14-23(15-26(29)31)38-30(20-7-9-22(33)10-8-20)28-18-41(40-39-28)24-11-12-24/h4-10,13-15,17-18,24,30,38H,11-12,19H2,1-3H3,(H,36,37). The number of benzene rings is 2. The highest BCUT2D eigenvalue weighted by atomic mass is 19.1. The maximum Gasteiger partial charge on any atom is 0.123 e. The highest BCUT2D eigenvalue weighted by Crippen LogP contribution is 2.38. The monoisotopic (exact) mass is 546 g/mol. The molecule has 1 fully saturated rings. The number of rotatable bonds is 8. The first-order valence-electron chi connectivity index (χ1n) is 13.7. The minimum atomic E-state index is -0.393. The van der Waals surface area contributed by atoms with Crippen LogP contribution in [0.3, 0.4) is 0 Å². The summed E-state index contributed by atoms with van der Waals surface area (Å²) in [6.45, 7) is 7.09.